The van der Waals surface area contributed by atoms with Gasteiger partial charge in [0.15, 0.2) is 0 Å². The smallest absolute Gasteiger partial charge is 0.257 e. The summed E-state index contributed by atoms with van der Waals surface area (Å²) in [6.07, 6.45) is 0. The Bertz CT molecular complexity index is 638. The minimum absolute atomic E-state index is 0.198. The number of nitrogens with zero attached hydrogens (tertiary/aromatic N) is 1. The van der Waals surface area contributed by atoms with Gasteiger partial charge in [-0.05, 0) is 30.7 Å². The lowest BCUT2D eigenvalue weighted by molar-refractivity contribution is 0.0753. The van der Waals surface area contributed by atoms with Crippen LogP contribution < -0.4 is 5.73 Å². The first-order chi connectivity index (χ1) is 10.0. The minimum Gasteiger partial charge on any atom is -0.398 e. The molecule has 2 N–H and O–H groups in total. The Kier molecular flexibility index (Phi) is 5.10. The summed E-state index contributed by atoms with van der Waals surface area (Å²) in [6, 6.07) is 12.5. The summed E-state index contributed by atoms with van der Waals surface area (Å²) >= 11 is 12.2. The van der Waals surface area contributed by atoms with Crippen LogP contribution in [0.3, 0.4) is 0 Å². The maximum absolute atomic E-state index is 12.6. The van der Waals surface area contributed by atoms with Gasteiger partial charge in [-0.25, -0.2) is 0 Å². The van der Waals surface area contributed by atoms with Crippen LogP contribution in [0.4, 0.5) is 5.69 Å². The van der Waals surface area contributed by atoms with E-state index in [1.54, 1.807) is 23.1 Å². The molecule has 0 aliphatic rings. The molecule has 2 rings (SSSR count). The van der Waals surface area contributed by atoms with Crippen LogP contribution in [0.25, 0.3) is 0 Å². The Balaban J connectivity index is 2.30. The van der Waals surface area contributed by atoms with Gasteiger partial charge in [0.05, 0.1) is 15.6 Å². The largest absolute Gasteiger partial charge is 0.398 e. The fraction of sp³-hybridized carbons (Fsp3) is 0.188. The van der Waals surface area contributed by atoms with Gasteiger partial charge in [-0.1, -0.05) is 47.5 Å². The number of halogens is 2. The van der Waals surface area contributed by atoms with Crippen LogP contribution in [-0.4, -0.2) is 17.4 Å². The average Bonchev–Trinajstić information content (AvgIpc) is 2.46. The Morgan fingerprint density at radius 3 is 2.29 bits per heavy atom. The van der Waals surface area contributed by atoms with Crippen molar-refractivity contribution in [1.82, 2.24) is 4.90 Å². The molecule has 0 fully saturated rings. The van der Waals surface area contributed by atoms with E-state index >= 15 is 0 Å². The number of carbonyl (C=O) groups is 1. The third kappa shape index (κ3) is 3.49. The lowest BCUT2D eigenvalue weighted by atomic mass is 10.1. The van der Waals surface area contributed by atoms with E-state index in [1.807, 2.05) is 31.2 Å². The van der Waals surface area contributed by atoms with Crippen LogP contribution in [0.1, 0.15) is 22.8 Å². The summed E-state index contributed by atoms with van der Waals surface area (Å²) < 4.78 is 0. The molecule has 0 aliphatic carbocycles. The van der Waals surface area contributed by atoms with Crippen LogP contribution in [0.5, 0.6) is 0 Å². The topological polar surface area (TPSA) is 46.3 Å². The first kappa shape index (κ1) is 15.7. The molecule has 0 saturated carbocycles. The number of benzene rings is 2. The SMILES string of the molecule is CCN(Cc1ccccc1N)C(=O)c1c(Cl)cccc1Cl. The normalized spacial score (nSPS) is 10.4. The third-order valence-corrected chi connectivity index (χ3v) is 3.89. The number of hydrogen-bond acceptors (Lipinski definition) is 2. The van der Waals surface area contributed by atoms with E-state index in [9.17, 15) is 4.79 Å². The van der Waals surface area contributed by atoms with Crippen molar-refractivity contribution in [2.24, 2.45) is 0 Å². The highest BCUT2D eigenvalue weighted by Crippen LogP contribution is 2.26. The summed E-state index contributed by atoms with van der Waals surface area (Å²) in [6.45, 7) is 2.86. The van der Waals surface area contributed by atoms with Crippen molar-refractivity contribution in [3.63, 3.8) is 0 Å². The van der Waals surface area contributed by atoms with Crippen LogP contribution in [0.15, 0.2) is 42.5 Å². The van der Waals surface area contributed by atoms with Gasteiger partial charge in [0.25, 0.3) is 5.91 Å². The molecule has 0 spiro atoms. The zero-order valence-electron chi connectivity index (χ0n) is 11.6. The number of nitrogen functional groups attached to an aromatic ring is 1. The average molecular weight is 323 g/mol. The lowest BCUT2D eigenvalue weighted by Crippen LogP contribution is -2.31. The number of para-hydroxylation sites is 1. The summed E-state index contributed by atoms with van der Waals surface area (Å²) in [4.78, 5) is 14.3. The lowest BCUT2D eigenvalue weighted by Gasteiger charge is -2.23. The summed E-state index contributed by atoms with van der Waals surface area (Å²) in [7, 11) is 0. The van der Waals surface area contributed by atoms with Gasteiger partial charge >= 0.3 is 0 Å². The van der Waals surface area contributed by atoms with Crippen molar-refractivity contribution in [3.8, 4) is 0 Å². The molecule has 110 valence electrons. The highest BCUT2D eigenvalue weighted by atomic mass is 35.5. The van der Waals surface area contributed by atoms with Crippen molar-refractivity contribution in [2.45, 2.75) is 13.5 Å². The van der Waals surface area contributed by atoms with E-state index < -0.39 is 0 Å². The predicted octanol–water partition coefficient (Wildman–Crippen LogP) is 4.24. The van der Waals surface area contributed by atoms with Crippen molar-refractivity contribution in [1.29, 1.82) is 0 Å². The van der Waals surface area contributed by atoms with E-state index in [0.717, 1.165) is 5.56 Å². The molecule has 0 unspecified atom stereocenters. The van der Waals surface area contributed by atoms with E-state index in [4.69, 9.17) is 28.9 Å². The maximum atomic E-state index is 12.6. The van der Waals surface area contributed by atoms with Gasteiger partial charge in [0, 0.05) is 18.8 Å². The Hall–Kier alpha value is -1.71. The van der Waals surface area contributed by atoms with Gasteiger partial charge < -0.3 is 10.6 Å². The molecule has 1 amide bonds. The summed E-state index contributed by atoms with van der Waals surface area (Å²) in [5.41, 5.74) is 7.82. The van der Waals surface area contributed by atoms with Crippen LogP contribution in [-0.2, 0) is 6.54 Å². The zero-order chi connectivity index (χ0) is 15.4. The van der Waals surface area contributed by atoms with Gasteiger partial charge in [0.1, 0.15) is 0 Å². The van der Waals surface area contributed by atoms with E-state index in [0.29, 0.717) is 34.4 Å². The van der Waals surface area contributed by atoms with Gasteiger partial charge in [-0.15, -0.1) is 0 Å². The van der Waals surface area contributed by atoms with Crippen molar-refractivity contribution in [2.75, 3.05) is 12.3 Å². The quantitative estimate of drug-likeness (QED) is 0.856. The predicted molar refractivity (Wildman–Crippen MR) is 87.7 cm³/mol. The second-order valence-electron chi connectivity index (χ2n) is 4.61. The Labute approximate surface area is 134 Å². The molecule has 0 atom stereocenters. The number of rotatable bonds is 4. The molecular weight excluding hydrogens is 307 g/mol. The molecule has 2 aromatic carbocycles. The molecule has 0 radical (unpaired) electrons. The number of carbonyl (C=O) groups excluding carboxylic acids is 1. The second-order valence-corrected chi connectivity index (χ2v) is 5.43. The molecule has 0 aliphatic heterocycles. The first-order valence-corrected chi connectivity index (χ1v) is 7.36. The third-order valence-electron chi connectivity index (χ3n) is 3.26. The Morgan fingerprint density at radius 2 is 1.71 bits per heavy atom. The number of amides is 1. The van der Waals surface area contributed by atoms with Crippen molar-refractivity contribution >= 4 is 34.8 Å². The first-order valence-electron chi connectivity index (χ1n) is 6.61. The molecule has 21 heavy (non-hydrogen) atoms. The molecule has 2 aromatic rings. The van der Waals surface area contributed by atoms with E-state index in [1.165, 1.54) is 0 Å². The van der Waals surface area contributed by atoms with Crippen LogP contribution >= 0.6 is 23.2 Å². The van der Waals surface area contributed by atoms with Gasteiger partial charge in [-0.2, -0.15) is 0 Å². The fourth-order valence-electron chi connectivity index (χ4n) is 2.07. The summed E-state index contributed by atoms with van der Waals surface area (Å²) in [5.74, 6) is -0.198. The maximum Gasteiger partial charge on any atom is 0.257 e. The number of hydrogen-bond donors (Lipinski definition) is 1. The molecule has 0 saturated heterocycles. The zero-order valence-corrected chi connectivity index (χ0v) is 13.2. The van der Waals surface area contributed by atoms with Crippen molar-refractivity contribution < 1.29 is 4.79 Å². The van der Waals surface area contributed by atoms with Crippen LogP contribution in [0, 0.1) is 0 Å². The molecule has 0 bridgehead atoms. The second kappa shape index (κ2) is 6.83. The van der Waals surface area contributed by atoms with Crippen molar-refractivity contribution in [3.05, 3.63) is 63.6 Å². The molecule has 0 aromatic heterocycles. The fourth-order valence-corrected chi connectivity index (χ4v) is 2.63. The summed E-state index contributed by atoms with van der Waals surface area (Å²) in [5, 5.41) is 0.707. The number of nitrogens with two attached hydrogens (primary N) is 1. The molecule has 5 heteroatoms. The number of anilines is 1. The molecule has 0 heterocycles. The van der Waals surface area contributed by atoms with Gasteiger partial charge in [-0.3, -0.25) is 4.79 Å². The van der Waals surface area contributed by atoms with Gasteiger partial charge in [0.2, 0.25) is 0 Å². The monoisotopic (exact) mass is 322 g/mol. The van der Waals surface area contributed by atoms with E-state index in [2.05, 4.69) is 0 Å². The standard InChI is InChI=1S/C16H16Cl2N2O/c1-2-20(10-11-6-3-4-9-14(11)19)16(21)15-12(17)7-5-8-13(15)18/h3-9H,2,10,19H2,1H3. The minimum atomic E-state index is -0.198. The Morgan fingerprint density at radius 1 is 1.10 bits per heavy atom. The molecule has 3 nitrogen and oxygen atoms in total. The van der Waals surface area contributed by atoms with E-state index in [-0.39, 0.29) is 5.91 Å². The van der Waals surface area contributed by atoms with Crippen LogP contribution in [0.2, 0.25) is 10.0 Å². The molecular formula is C16H16Cl2N2O. The highest BCUT2D eigenvalue weighted by molar-refractivity contribution is 6.39. The highest BCUT2D eigenvalue weighted by Gasteiger charge is 2.20.